The molecule has 0 fully saturated rings. The number of carboxylic acid groups (broad SMARTS) is 1. The van der Waals surface area contributed by atoms with Crippen molar-refractivity contribution in [3.8, 4) is 0 Å². The highest BCUT2D eigenvalue weighted by atomic mass is 16.6. The van der Waals surface area contributed by atoms with Crippen LogP contribution in [-0.2, 0) is 0 Å². The van der Waals surface area contributed by atoms with Gasteiger partial charge < -0.3 is 10.0 Å². The third-order valence-electron chi connectivity index (χ3n) is 3.17. The number of hydrogen-bond donors (Lipinski definition) is 1. The van der Waals surface area contributed by atoms with E-state index in [-0.39, 0.29) is 11.3 Å². The van der Waals surface area contributed by atoms with Gasteiger partial charge in [0.2, 0.25) is 0 Å². The molecule has 1 N–H and O–H groups in total. The second-order valence-corrected chi connectivity index (χ2v) is 4.66. The summed E-state index contributed by atoms with van der Waals surface area (Å²) in [5.41, 5.74) is 1.82. The second-order valence-electron chi connectivity index (χ2n) is 4.66. The van der Waals surface area contributed by atoms with Crippen molar-refractivity contribution >= 4 is 23.0 Å². The number of nitro benzene ring substituents is 1. The van der Waals surface area contributed by atoms with Crippen LogP contribution in [0.2, 0.25) is 0 Å². The van der Waals surface area contributed by atoms with Crippen LogP contribution in [0.25, 0.3) is 0 Å². The number of anilines is 2. The van der Waals surface area contributed by atoms with E-state index in [9.17, 15) is 14.9 Å². The summed E-state index contributed by atoms with van der Waals surface area (Å²) in [6, 6.07) is 11.4. The maximum absolute atomic E-state index is 11.2. The van der Waals surface area contributed by atoms with Gasteiger partial charge in [-0.3, -0.25) is 10.1 Å². The van der Waals surface area contributed by atoms with Crippen LogP contribution in [0, 0.1) is 17.0 Å². The Morgan fingerprint density at radius 3 is 2.52 bits per heavy atom. The Bertz CT molecular complexity index is 713. The molecule has 21 heavy (non-hydrogen) atoms. The van der Waals surface area contributed by atoms with E-state index >= 15 is 0 Å². The fraction of sp³-hybridized carbons (Fsp3) is 0.133. The van der Waals surface area contributed by atoms with Crippen molar-refractivity contribution in [3.63, 3.8) is 0 Å². The molecule has 108 valence electrons. The number of benzene rings is 2. The largest absolute Gasteiger partial charge is 0.478 e. The van der Waals surface area contributed by atoms with Crippen LogP contribution in [0.4, 0.5) is 17.1 Å². The third-order valence-corrected chi connectivity index (χ3v) is 3.17. The molecule has 0 aliphatic rings. The number of aromatic carboxylic acids is 1. The summed E-state index contributed by atoms with van der Waals surface area (Å²) in [6.07, 6.45) is 0. The lowest BCUT2D eigenvalue weighted by Crippen LogP contribution is -2.12. The van der Waals surface area contributed by atoms with E-state index in [0.29, 0.717) is 5.69 Å². The van der Waals surface area contributed by atoms with Crippen molar-refractivity contribution in [2.75, 3.05) is 11.9 Å². The van der Waals surface area contributed by atoms with Crippen LogP contribution in [0.15, 0.2) is 42.5 Å². The number of nitrogens with zero attached hydrogens (tertiary/aromatic N) is 2. The Labute approximate surface area is 121 Å². The molecule has 0 spiro atoms. The zero-order valence-corrected chi connectivity index (χ0v) is 11.6. The molecule has 0 atom stereocenters. The second kappa shape index (κ2) is 5.62. The van der Waals surface area contributed by atoms with Gasteiger partial charge in [-0.2, -0.15) is 0 Å². The summed E-state index contributed by atoms with van der Waals surface area (Å²) in [4.78, 5) is 23.2. The van der Waals surface area contributed by atoms with Crippen LogP contribution in [0.1, 0.15) is 15.9 Å². The van der Waals surface area contributed by atoms with Crippen LogP contribution < -0.4 is 4.90 Å². The molecular weight excluding hydrogens is 272 g/mol. The minimum Gasteiger partial charge on any atom is -0.478 e. The van der Waals surface area contributed by atoms with Gasteiger partial charge in [-0.05, 0) is 36.8 Å². The predicted octanol–water partition coefficient (Wildman–Crippen LogP) is 3.37. The SMILES string of the molecule is Cc1cccc(N(C)c2ccc(C(=O)O)cc2[N+](=O)[O-])c1. The van der Waals surface area contributed by atoms with E-state index in [1.165, 1.54) is 12.1 Å². The number of nitro groups is 1. The Balaban J connectivity index is 2.52. The first-order valence-electron chi connectivity index (χ1n) is 6.22. The van der Waals surface area contributed by atoms with Gasteiger partial charge in [0.15, 0.2) is 0 Å². The number of carboxylic acids is 1. The summed E-state index contributed by atoms with van der Waals surface area (Å²) in [6.45, 7) is 1.93. The smallest absolute Gasteiger partial charge is 0.335 e. The molecule has 0 saturated carbocycles. The van der Waals surface area contributed by atoms with Gasteiger partial charge in [0.1, 0.15) is 5.69 Å². The van der Waals surface area contributed by atoms with Crippen molar-refractivity contribution in [1.82, 2.24) is 0 Å². The fourth-order valence-corrected chi connectivity index (χ4v) is 2.06. The molecule has 2 aromatic carbocycles. The van der Waals surface area contributed by atoms with Gasteiger partial charge in [0.05, 0.1) is 10.5 Å². The van der Waals surface area contributed by atoms with Crippen molar-refractivity contribution in [3.05, 3.63) is 63.7 Å². The molecule has 6 nitrogen and oxygen atoms in total. The Morgan fingerprint density at radius 2 is 1.95 bits per heavy atom. The predicted molar refractivity (Wildman–Crippen MR) is 79.3 cm³/mol. The van der Waals surface area contributed by atoms with Gasteiger partial charge in [-0.1, -0.05) is 12.1 Å². The van der Waals surface area contributed by atoms with Crippen molar-refractivity contribution < 1.29 is 14.8 Å². The molecule has 0 saturated heterocycles. The third kappa shape index (κ3) is 3.00. The summed E-state index contributed by atoms with van der Waals surface area (Å²) >= 11 is 0. The van der Waals surface area contributed by atoms with E-state index in [1.807, 2.05) is 31.2 Å². The monoisotopic (exact) mass is 286 g/mol. The normalized spacial score (nSPS) is 10.2. The average Bonchev–Trinajstić information content (AvgIpc) is 2.45. The van der Waals surface area contributed by atoms with Crippen molar-refractivity contribution in [2.24, 2.45) is 0 Å². The van der Waals surface area contributed by atoms with Crippen LogP contribution in [-0.4, -0.2) is 23.0 Å². The maximum atomic E-state index is 11.2. The summed E-state index contributed by atoms with van der Waals surface area (Å²) in [5.74, 6) is -1.19. The van der Waals surface area contributed by atoms with E-state index in [4.69, 9.17) is 5.11 Å². The van der Waals surface area contributed by atoms with Crippen molar-refractivity contribution in [1.29, 1.82) is 0 Å². The Morgan fingerprint density at radius 1 is 1.24 bits per heavy atom. The summed E-state index contributed by atoms with van der Waals surface area (Å²) < 4.78 is 0. The standard InChI is InChI=1S/C15H14N2O4/c1-10-4-3-5-12(8-10)16(2)13-7-6-11(15(18)19)9-14(13)17(20)21/h3-9H,1-2H3,(H,18,19). The molecule has 2 aromatic rings. The highest BCUT2D eigenvalue weighted by molar-refractivity contribution is 5.90. The van der Waals surface area contributed by atoms with Crippen molar-refractivity contribution in [2.45, 2.75) is 6.92 Å². The first-order chi connectivity index (χ1) is 9.90. The number of hydrogen-bond acceptors (Lipinski definition) is 4. The minimum absolute atomic E-state index is 0.108. The van der Waals surface area contributed by atoms with Crippen LogP contribution in [0.5, 0.6) is 0 Å². The highest BCUT2D eigenvalue weighted by Crippen LogP contribution is 2.33. The molecule has 0 radical (unpaired) electrons. The lowest BCUT2D eigenvalue weighted by molar-refractivity contribution is -0.384. The molecule has 0 aromatic heterocycles. The van der Waals surface area contributed by atoms with E-state index < -0.39 is 10.9 Å². The first-order valence-corrected chi connectivity index (χ1v) is 6.22. The van der Waals surface area contributed by atoms with Gasteiger partial charge in [-0.25, -0.2) is 4.79 Å². The molecule has 0 amide bonds. The van der Waals surface area contributed by atoms with E-state index in [2.05, 4.69) is 0 Å². The van der Waals surface area contributed by atoms with Gasteiger partial charge >= 0.3 is 5.97 Å². The topological polar surface area (TPSA) is 83.7 Å². The average molecular weight is 286 g/mol. The van der Waals surface area contributed by atoms with E-state index in [0.717, 1.165) is 17.3 Å². The Hall–Kier alpha value is -2.89. The molecule has 0 unspecified atom stereocenters. The summed E-state index contributed by atoms with van der Waals surface area (Å²) in [5, 5.41) is 20.1. The zero-order chi connectivity index (χ0) is 15.6. The van der Waals surface area contributed by atoms with Gasteiger partial charge in [0.25, 0.3) is 5.69 Å². The molecule has 0 aliphatic heterocycles. The number of aryl methyl sites for hydroxylation is 1. The molecular formula is C15H14N2O4. The number of carbonyl (C=O) groups is 1. The molecule has 0 bridgehead atoms. The van der Waals surface area contributed by atoms with Crippen LogP contribution in [0.3, 0.4) is 0 Å². The van der Waals surface area contributed by atoms with Gasteiger partial charge in [0, 0.05) is 18.8 Å². The molecule has 0 heterocycles. The molecule has 0 aliphatic carbocycles. The lowest BCUT2D eigenvalue weighted by atomic mass is 10.1. The quantitative estimate of drug-likeness (QED) is 0.688. The Kier molecular flexibility index (Phi) is 3.89. The lowest BCUT2D eigenvalue weighted by Gasteiger charge is -2.20. The maximum Gasteiger partial charge on any atom is 0.335 e. The first kappa shape index (κ1) is 14.5. The highest BCUT2D eigenvalue weighted by Gasteiger charge is 2.20. The zero-order valence-electron chi connectivity index (χ0n) is 11.6. The summed E-state index contributed by atoms with van der Waals surface area (Å²) in [7, 11) is 1.71. The fourth-order valence-electron chi connectivity index (χ4n) is 2.06. The van der Waals surface area contributed by atoms with Gasteiger partial charge in [-0.15, -0.1) is 0 Å². The van der Waals surface area contributed by atoms with Crippen LogP contribution >= 0.6 is 0 Å². The van der Waals surface area contributed by atoms with E-state index in [1.54, 1.807) is 11.9 Å². The molecule has 2 rings (SSSR count). The number of rotatable bonds is 4. The minimum atomic E-state index is -1.19. The molecule has 6 heteroatoms.